The number of nitrogens with zero attached hydrogens (tertiary/aromatic N) is 2. The molecule has 10 heteroatoms. The van der Waals surface area contributed by atoms with E-state index in [1.54, 1.807) is 47.4 Å². The van der Waals surface area contributed by atoms with Gasteiger partial charge in [0.15, 0.2) is 11.4 Å². The lowest BCUT2D eigenvalue weighted by Gasteiger charge is -2.13. The number of carbonyl (C=O) groups excluding carboxylic acids is 1. The van der Waals surface area contributed by atoms with Crippen LogP contribution in [0.1, 0.15) is 11.1 Å². The number of anilines is 1. The second-order valence-electron chi connectivity index (χ2n) is 7.98. The smallest absolute Gasteiger partial charge is 0.430 e. The molecule has 0 aliphatic carbocycles. The van der Waals surface area contributed by atoms with E-state index in [1.165, 1.54) is 17.0 Å². The molecule has 2 aliphatic heterocycles. The lowest BCUT2D eigenvalue weighted by Crippen LogP contribution is -2.21. The minimum absolute atomic E-state index is 0.0976. The number of hydrogen-bond acceptors (Lipinski definition) is 8. The van der Waals surface area contributed by atoms with Crippen molar-refractivity contribution in [3.8, 4) is 0 Å². The number of benzene rings is 3. The third-order valence-electron chi connectivity index (χ3n) is 5.45. The zero-order valence-electron chi connectivity index (χ0n) is 19.9. The molecule has 36 heavy (non-hydrogen) atoms. The van der Waals surface area contributed by atoms with Crippen LogP contribution in [-0.2, 0) is 21.5 Å². The normalized spacial score (nSPS) is 17.2. The molecule has 0 unspecified atom stereocenters. The van der Waals surface area contributed by atoms with Gasteiger partial charge in [0.1, 0.15) is 15.1 Å². The van der Waals surface area contributed by atoms with Gasteiger partial charge in [-0.2, -0.15) is 0 Å². The van der Waals surface area contributed by atoms with E-state index in [1.807, 2.05) is 55.1 Å². The first-order chi connectivity index (χ1) is 17.2. The van der Waals surface area contributed by atoms with Gasteiger partial charge in [-0.05, 0) is 37.4 Å². The second-order valence-corrected chi connectivity index (χ2v) is 12.4. The van der Waals surface area contributed by atoms with E-state index in [0.717, 1.165) is 31.1 Å². The van der Waals surface area contributed by atoms with Crippen LogP contribution in [0.25, 0.3) is 0 Å². The van der Waals surface area contributed by atoms with Crippen LogP contribution in [0.4, 0.5) is 5.69 Å². The van der Waals surface area contributed by atoms with E-state index < -0.39 is 10.1 Å². The van der Waals surface area contributed by atoms with Gasteiger partial charge < -0.3 is 9.45 Å². The van der Waals surface area contributed by atoms with Gasteiger partial charge in [-0.3, -0.25) is 0 Å². The van der Waals surface area contributed by atoms with Gasteiger partial charge in [0.2, 0.25) is 0 Å². The van der Waals surface area contributed by atoms with E-state index in [4.69, 9.17) is 0 Å². The molecule has 0 N–H and O–H groups in total. The average molecular weight is 557 g/mol. The first kappa shape index (κ1) is 26.6. The lowest BCUT2D eigenvalue weighted by atomic mass is 10.2. The van der Waals surface area contributed by atoms with Crippen molar-refractivity contribution in [2.75, 3.05) is 18.2 Å². The fourth-order valence-corrected chi connectivity index (χ4v) is 7.19. The Hall–Kier alpha value is -2.50. The van der Waals surface area contributed by atoms with Gasteiger partial charge in [-0.1, -0.05) is 83.7 Å². The fraction of sp³-hybridized carbons (Fsp3) is 0.154. The van der Waals surface area contributed by atoms with Crippen molar-refractivity contribution in [3.63, 3.8) is 0 Å². The van der Waals surface area contributed by atoms with Crippen molar-refractivity contribution in [3.05, 3.63) is 99.9 Å². The molecular weight excluding hydrogens is 533 g/mol. The molecule has 6 nitrogen and oxygen atoms in total. The van der Waals surface area contributed by atoms with Crippen molar-refractivity contribution in [1.29, 1.82) is 0 Å². The van der Waals surface area contributed by atoms with Crippen LogP contribution < -0.4 is 4.90 Å². The highest BCUT2D eigenvalue weighted by Crippen LogP contribution is 2.49. The van der Waals surface area contributed by atoms with E-state index in [2.05, 4.69) is 29.2 Å². The van der Waals surface area contributed by atoms with E-state index in [0.29, 0.717) is 6.54 Å². The van der Waals surface area contributed by atoms with E-state index in [9.17, 15) is 17.8 Å². The molecule has 2 heterocycles. The predicted molar refractivity (Wildman–Crippen MR) is 148 cm³/mol. The number of amides is 1. The van der Waals surface area contributed by atoms with E-state index >= 15 is 0 Å². The molecule has 3 aromatic rings. The third kappa shape index (κ3) is 5.90. The zero-order chi connectivity index (χ0) is 25.9. The van der Waals surface area contributed by atoms with Gasteiger partial charge >= 0.3 is 5.91 Å². The molecule has 0 bridgehead atoms. The number of aryl methyl sites for hydroxylation is 1. The van der Waals surface area contributed by atoms with Gasteiger partial charge in [-0.15, -0.1) is 4.58 Å². The molecule has 2 aliphatic rings. The average Bonchev–Trinajstić information content (AvgIpc) is 3.36. The molecule has 5 rings (SSSR count). The molecule has 0 saturated heterocycles. The molecule has 1 amide bonds. The Morgan fingerprint density at radius 2 is 1.58 bits per heavy atom. The molecule has 3 aromatic carbocycles. The number of carbonyl (C=O) groups is 1. The highest BCUT2D eigenvalue weighted by molar-refractivity contribution is 8.40. The van der Waals surface area contributed by atoms with Crippen LogP contribution in [0.5, 0.6) is 0 Å². The third-order valence-corrected chi connectivity index (χ3v) is 9.95. The van der Waals surface area contributed by atoms with Gasteiger partial charge in [0.25, 0.3) is 4.38 Å². The first-order valence-electron chi connectivity index (χ1n) is 10.9. The Labute approximate surface area is 224 Å². The minimum atomic E-state index is -4.27. The number of hydrogen-bond donors (Lipinski definition) is 0. The van der Waals surface area contributed by atoms with Crippen LogP contribution >= 0.6 is 35.3 Å². The Kier molecular flexibility index (Phi) is 8.31. The maximum Gasteiger partial charge on any atom is 0.430 e. The summed E-state index contributed by atoms with van der Waals surface area (Å²) >= 11 is 4.91. The van der Waals surface area contributed by atoms with Crippen molar-refractivity contribution in [2.45, 2.75) is 23.3 Å². The Morgan fingerprint density at radius 1 is 0.944 bits per heavy atom. The number of thioether (sulfide) groups is 3. The Bertz CT molecular complexity index is 1450. The molecule has 0 radical (unpaired) electrons. The summed E-state index contributed by atoms with van der Waals surface area (Å²) in [7, 11) is -2.23. The maximum atomic E-state index is 13.1. The molecule has 186 valence electrons. The fourth-order valence-electron chi connectivity index (χ4n) is 3.59. The molecule has 0 aromatic heterocycles. The van der Waals surface area contributed by atoms with Crippen LogP contribution in [0.2, 0.25) is 0 Å². The summed E-state index contributed by atoms with van der Waals surface area (Å²) < 4.78 is 34.1. The largest absolute Gasteiger partial charge is 0.744 e. The summed E-state index contributed by atoms with van der Waals surface area (Å²) in [4.78, 5) is 17.1. The Balaban J connectivity index is 0.000000233. The zero-order valence-corrected chi connectivity index (χ0v) is 23.1. The van der Waals surface area contributed by atoms with Crippen molar-refractivity contribution in [1.82, 2.24) is 0 Å². The minimum Gasteiger partial charge on any atom is -0.744 e. The first-order valence-corrected chi connectivity index (χ1v) is 15.2. The number of rotatable bonds is 3. The quantitative estimate of drug-likeness (QED) is 0.238. The second kappa shape index (κ2) is 11.3. The summed E-state index contributed by atoms with van der Waals surface area (Å²) in [5.74, 6) is 0.0976. The summed E-state index contributed by atoms with van der Waals surface area (Å²) in [5.41, 5.74) is 3.23. The predicted octanol–water partition coefficient (Wildman–Crippen LogP) is 5.50. The van der Waals surface area contributed by atoms with E-state index in [-0.39, 0.29) is 10.8 Å². The van der Waals surface area contributed by atoms with Crippen molar-refractivity contribution in [2.24, 2.45) is 0 Å². The maximum absolute atomic E-state index is 13.1. The summed E-state index contributed by atoms with van der Waals surface area (Å²) in [6.07, 6.45) is 2.03. The Morgan fingerprint density at radius 3 is 2.19 bits per heavy atom. The van der Waals surface area contributed by atoms with Crippen LogP contribution in [0.3, 0.4) is 0 Å². The summed E-state index contributed by atoms with van der Waals surface area (Å²) in [6.45, 7) is 2.43. The lowest BCUT2D eigenvalue weighted by molar-refractivity contribution is -0.453. The van der Waals surface area contributed by atoms with Crippen LogP contribution in [0.15, 0.2) is 98.6 Å². The summed E-state index contributed by atoms with van der Waals surface area (Å²) in [6, 6.07) is 24.2. The van der Waals surface area contributed by atoms with Crippen LogP contribution in [0, 0.1) is 6.92 Å². The van der Waals surface area contributed by atoms with Crippen molar-refractivity contribution < 1.29 is 22.3 Å². The van der Waals surface area contributed by atoms with Gasteiger partial charge in [0, 0.05) is 29.3 Å². The molecule has 0 atom stereocenters. The topological polar surface area (TPSA) is 80.5 Å². The number of para-hydroxylation sites is 1. The van der Waals surface area contributed by atoms with Gasteiger partial charge in [-0.25, -0.2) is 13.2 Å². The standard InChI is InChI=1S/C19H17N2OS3.C7H8O3S/c1-20-14-10-6-7-11-15(14)24-18(20)16-17(22)21(19(23-2)25-16)12-13-8-4-3-5-9-13;1-6-2-4-7(5-3-6)11(8,9)10/h3-11H,12H2,1-2H3;2-5H,1H3,(H,8,9,10)/q+1;/p-1. The van der Waals surface area contributed by atoms with Crippen molar-refractivity contribution >= 4 is 61.4 Å². The SMILES string of the molecule is CSC1=[N+](Cc2ccccc2)C(=O)C(=C2Sc3ccccc3N2C)S1.Cc1ccc(S(=O)(=O)[O-])cc1. The number of fused-ring (bicyclic) bond motifs is 1. The molecule has 0 fully saturated rings. The van der Waals surface area contributed by atoms with Crippen LogP contribution in [-0.4, -0.2) is 41.1 Å². The molecular formula is C26H24N2O4S4. The highest BCUT2D eigenvalue weighted by atomic mass is 32.2. The highest BCUT2D eigenvalue weighted by Gasteiger charge is 2.42. The monoisotopic (exact) mass is 556 g/mol. The summed E-state index contributed by atoms with van der Waals surface area (Å²) in [5, 5.41) is 1.03. The molecule has 0 saturated carbocycles. The van der Waals surface area contributed by atoms with Gasteiger partial charge in [0.05, 0.1) is 10.6 Å². The molecule has 0 spiro atoms.